The van der Waals surface area contributed by atoms with Gasteiger partial charge >= 0.3 is 12.0 Å². The Balaban J connectivity index is 2.32. The van der Waals surface area contributed by atoms with Crippen molar-refractivity contribution in [1.29, 1.82) is 0 Å². The molecule has 0 heterocycles. The van der Waals surface area contributed by atoms with E-state index in [0.717, 1.165) is 11.3 Å². The summed E-state index contributed by atoms with van der Waals surface area (Å²) in [6.45, 7) is 3.86. The lowest BCUT2D eigenvalue weighted by molar-refractivity contribution is -0.137. The average molecular weight is 200 g/mol. The zero-order valence-corrected chi connectivity index (χ0v) is 8.70. The number of carboxylic acids is 1. The van der Waals surface area contributed by atoms with Crippen molar-refractivity contribution >= 4 is 12.0 Å². The number of carbonyl (C=O) groups is 2. The van der Waals surface area contributed by atoms with Crippen LogP contribution in [0.5, 0.6) is 0 Å². The molecule has 0 aromatic carbocycles. The van der Waals surface area contributed by atoms with Crippen LogP contribution in [0.3, 0.4) is 0 Å². The molecule has 0 radical (unpaired) electrons. The monoisotopic (exact) mass is 200 g/mol. The summed E-state index contributed by atoms with van der Waals surface area (Å²) in [5.41, 5.74) is 0.166. The van der Waals surface area contributed by atoms with Gasteiger partial charge in [-0.25, -0.2) is 4.79 Å². The Kier molecular flexibility index (Phi) is 2.69. The lowest BCUT2D eigenvalue weighted by atomic mass is 10.2. The van der Waals surface area contributed by atoms with Crippen LogP contribution < -0.4 is 5.32 Å². The number of rotatable bonds is 3. The smallest absolute Gasteiger partial charge is 0.323 e. The fourth-order valence-corrected chi connectivity index (χ4v) is 1.25. The Hall–Kier alpha value is -1.26. The highest BCUT2D eigenvalue weighted by Gasteiger charge is 2.46. The standard InChI is InChI=1S/C9H16N2O3/c1-9(2)4-6(9)10-8(14)11(3)5-7(12)13/h6H,4-5H2,1-3H3,(H,10,14)(H,12,13). The zero-order valence-electron chi connectivity index (χ0n) is 8.70. The molecule has 5 heteroatoms. The minimum absolute atomic E-state index is 0.166. The number of aliphatic carboxylic acids is 1. The third-order valence-electron chi connectivity index (χ3n) is 2.53. The summed E-state index contributed by atoms with van der Waals surface area (Å²) in [4.78, 5) is 22.9. The molecule has 1 saturated carbocycles. The van der Waals surface area contributed by atoms with Crippen LogP contribution >= 0.6 is 0 Å². The Morgan fingerprint density at radius 2 is 2.07 bits per heavy atom. The first-order valence-electron chi connectivity index (χ1n) is 4.56. The quantitative estimate of drug-likeness (QED) is 0.697. The van der Waals surface area contributed by atoms with Crippen molar-refractivity contribution in [2.45, 2.75) is 26.3 Å². The van der Waals surface area contributed by atoms with Crippen molar-refractivity contribution in [1.82, 2.24) is 10.2 Å². The van der Waals surface area contributed by atoms with Crippen LogP contribution in [0.1, 0.15) is 20.3 Å². The Morgan fingerprint density at radius 1 is 1.57 bits per heavy atom. The van der Waals surface area contributed by atoms with Crippen LogP contribution in [0.15, 0.2) is 0 Å². The molecule has 5 nitrogen and oxygen atoms in total. The molecule has 1 atom stereocenters. The number of amides is 2. The number of nitrogens with zero attached hydrogens (tertiary/aromatic N) is 1. The number of nitrogens with one attached hydrogen (secondary N) is 1. The van der Waals surface area contributed by atoms with Crippen LogP contribution in [0.2, 0.25) is 0 Å². The van der Waals surface area contributed by atoms with E-state index in [9.17, 15) is 9.59 Å². The summed E-state index contributed by atoms with van der Waals surface area (Å²) in [6, 6.07) is -0.130. The van der Waals surface area contributed by atoms with E-state index in [1.165, 1.54) is 7.05 Å². The van der Waals surface area contributed by atoms with Gasteiger partial charge in [-0.2, -0.15) is 0 Å². The summed E-state index contributed by atoms with van der Waals surface area (Å²) in [7, 11) is 1.47. The van der Waals surface area contributed by atoms with E-state index >= 15 is 0 Å². The molecule has 1 aliphatic rings. The first-order chi connectivity index (χ1) is 6.33. The highest BCUT2D eigenvalue weighted by atomic mass is 16.4. The van der Waals surface area contributed by atoms with Crippen LogP contribution in [0.4, 0.5) is 4.79 Å². The van der Waals surface area contributed by atoms with Gasteiger partial charge in [0.1, 0.15) is 6.54 Å². The van der Waals surface area contributed by atoms with Crippen molar-refractivity contribution in [3.63, 3.8) is 0 Å². The normalized spacial score (nSPS) is 22.6. The number of likely N-dealkylation sites (N-methyl/N-ethyl adjacent to an activating group) is 1. The van der Waals surface area contributed by atoms with E-state index in [0.29, 0.717) is 0 Å². The number of carboxylic acid groups (broad SMARTS) is 1. The highest BCUT2D eigenvalue weighted by molar-refractivity contribution is 5.80. The Bertz CT molecular complexity index is 263. The number of urea groups is 1. The van der Waals surface area contributed by atoms with E-state index in [-0.39, 0.29) is 24.0 Å². The fraction of sp³-hybridized carbons (Fsp3) is 0.778. The van der Waals surface area contributed by atoms with Gasteiger partial charge < -0.3 is 15.3 Å². The fourth-order valence-electron chi connectivity index (χ4n) is 1.25. The minimum atomic E-state index is -1.00. The van der Waals surface area contributed by atoms with Crippen molar-refractivity contribution in [3.8, 4) is 0 Å². The lowest BCUT2D eigenvalue weighted by Gasteiger charge is -2.16. The molecule has 1 rings (SSSR count). The first-order valence-corrected chi connectivity index (χ1v) is 4.56. The molecule has 14 heavy (non-hydrogen) atoms. The van der Waals surface area contributed by atoms with E-state index in [4.69, 9.17) is 5.11 Å². The van der Waals surface area contributed by atoms with Gasteiger partial charge in [-0.3, -0.25) is 4.79 Å². The van der Waals surface area contributed by atoms with E-state index in [2.05, 4.69) is 19.2 Å². The van der Waals surface area contributed by atoms with Gasteiger partial charge in [0.05, 0.1) is 0 Å². The van der Waals surface area contributed by atoms with Crippen molar-refractivity contribution in [2.75, 3.05) is 13.6 Å². The second-order valence-electron chi connectivity index (χ2n) is 4.44. The van der Waals surface area contributed by atoms with Gasteiger partial charge in [0.25, 0.3) is 0 Å². The molecule has 0 spiro atoms. The summed E-state index contributed by atoms with van der Waals surface area (Å²) in [5, 5.41) is 11.2. The summed E-state index contributed by atoms with van der Waals surface area (Å²) in [6.07, 6.45) is 0.958. The highest BCUT2D eigenvalue weighted by Crippen LogP contribution is 2.44. The lowest BCUT2D eigenvalue weighted by Crippen LogP contribution is -2.41. The average Bonchev–Trinajstić information content (AvgIpc) is 2.56. The maximum Gasteiger partial charge on any atom is 0.323 e. The van der Waals surface area contributed by atoms with E-state index < -0.39 is 5.97 Å². The van der Waals surface area contributed by atoms with Gasteiger partial charge in [-0.05, 0) is 11.8 Å². The van der Waals surface area contributed by atoms with Crippen LogP contribution in [-0.2, 0) is 4.79 Å². The van der Waals surface area contributed by atoms with Crippen LogP contribution in [0.25, 0.3) is 0 Å². The predicted octanol–water partition coefficient (Wildman–Crippen LogP) is 0.511. The number of hydrogen-bond donors (Lipinski definition) is 2. The second kappa shape index (κ2) is 3.48. The zero-order chi connectivity index (χ0) is 10.9. The molecular formula is C9H16N2O3. The van der Waals surface area contributed by atoms with E-state index in [1.807, 2.05) is 0 Å². The van der Waals surface area contributed by atoms with Crippen molar-refractivity contribution < 1.29 is 14.7 Å². The minimum Gasteiger partial charge on any atom is -0.480 e. The molecule has 0 saturated heterocycles. The molecule has 2 amide bonds. The van der Waals surface area contributed by atoms with Gasteiger partial charge in [0.15, 0.2) is 0 Å². The predicted molar refractivity (Wildman–Crippen MR) is 51.0 cm³/mol. The van der Waals surface area contributed by atoms with Crippen molar-refractivity contribution in [2.24, 2.45) is 5.41 Å². The van der Waals surface area contributed by atoms with Gasteiger partial charge in [0, 0.05) is 13.1 Å². The second-order valence-corrected chi connectivity index (χ2v) is 4.44. The molecule has 2 N–H and O–H groups in total. The molecular weight excluding hydrogens is 184 g/mol. The summed E-state index contributed by atoms with van der Waals surface area (Å²) < 4.78 is 0. The number of hydrogen-bond acceptors (Lipinski definition) is 2. The Morgan fingerprint density at radius 3 is 2.43 bits per heavy atom. The molecule has 1 aliphatic carbocycles. The molecule has 0 aromatic heterocycles. The number of carbonyl (C=O) groups excluding carboxylic acids is 1. The topological polar surface area (TPSA) is 69.6 Å². The molecule has 1 fully saturated rings. The molecule has 0 aromatic rings. The first kappa shape index (κ1) is 10.8. The maximum absolute atomic E-state index is 11.4. The largest absolute Gasteiger partial charge is 0.480 e. The summed E-state index contributed by atoms with van der Waals surface area (Å²) >= 11 is 0. The molecule has 0 aliphatic heterocycles. The van der Waals surface area contributed by atoms with Crippen LogP contribution in [0, 0.1) is 5.41 Å². The van der Waals surface area contributed by atoms with E-state index in [1.54, 1.807) is 0 Å². The molecule has 80 valence electrons. The molecule has 0 bridgehead atoms. The van der Waals surface area contributed by atoms with Gasteiger partial charge in [-0.1, -0.05) is 13.8 Å². The third-order valence-corrected chi connectivity index (χ3v) is 2.53. The van der Waals surface area contributed by atoms with Gasteiger partial charge in [-0.15, -0.1) is 0 Å². The van der Waals surface area contributed by atoms with Crippen molar-refractivity contribution in [3.05, 3.63) is 0 Å². The Labute approximate surface area is 83.1 Å². The van der Waals surface area contributed by atoms with Crippen LogP contribution in [-0.4, -0.2) is 41.6 Å². The SMILES string of the molecule is CN(CC(=O)O)C(=O)NC1CC1(C)C. The molecule has 1 unspecified atom stereocenters. The summed E-state index contributed by atoms with van der Waals surface area (Å²) in [5.74, 6) is -1.00. The van der Waals surface area contributed by atoms with Gasteiger partial charge in [0.2, 0.25) is 0 Å². The maximum atomic E-state index is 11.4. The third kappa shape index (κ3) is 2.61.